The van der Waals surface area contributed by atoms with E-state index >= 15 is 0 Å². The van der Waals surface area contributed by atoms with Gasteiger partial charge in [0.25, 0.3) is 5.91 Å². The van der Waals surface area contributed by atoms with Crippen LogP contribution in [0.25, 0.3) is 0 Å². The molecule has 0 saturated carbocycles. The maximum Gasteiger partial charge on any atom is 0.315 e. The Bertz CT molecular complexity index is 274. The second kappa shape index (κ2) is 4.32. The third-order valence-corrected chi connectivity index (χ3v) is 2.58. The molecule has 0 bridgehead atoms. The normalized spacial score (nSPS) is 12.9. The van der Waals surface area contributed by atoms with E-state index in [2.05, 4.69) is 5.32 Å². The summed E-state index contributed by atoms with van der Waals surface area (Å²) < 4.78 is 23.6. The molecule has 1 aromatic heterocycles. The summed E-state index contributed by atoms with van der Waals surface area (Å²) in [5, 5.41) is 4.04. The van der Waals surface area contributed by atoms with E-state index in [1.54, 1.807) is 13.0 Å². The quantitative estimate of drug-likeness (QED) is 0.805. The van der Waals surface area contributed by atoms with Crippen molar-refractivity contribution in [3.8, 4) is 0 Å². The van der Waals surface area contributed by atoms with Gasteiger partial charge in [0.05, 0.1) is 6.04 Å². The maximum absolute atomic E-state index is 11.8. The van der Waals surface area contributed by atoms with Gasteiger partial charge in [0.15, 0.2) is 0 Å². The number of halogens is 2. The van der Waals surface area contributed by atoms with Crippen LogP contribution in [0.3, 0.4) is 0 Å². The molecule has 1 atom stereocenters. The molecule has 0 fully saturated rings. The zero-order valence-corrected chi connectivity index (χ0v) is 7.78. The van der Waals surface area contributed by atoms with Gasteiger partial charge in [-0.1, -0.05) is 6.07 Å². The van der Waals surface area contributed by atoms with Crippen LogP contribution in [-0.2, 0) is 4.79 Å². The van der Waals surface area contributed by atoms with Gasteiger partial charge in [-0.2, -0.15) is 8.78 Å². The summed E-state index contributed by atoms with van der Waals surface area (Å²) in [5.41, 5.74) is 0. The van der Waals surface area contributed by atoms with Crippen LogP contribution >= 0.6 is 11.3 Å². The molecule has 72 valence electrons. The summed E-state index contributed by atoms with van der Waals surface area (Å²) in [6.07, 6.45) is -2.94. The molecule has 0 radical (unpaired) electrons. The number of alkyl halides is 2. The molecule has 2 nitrogen and oxygen atoms in total. The Morgan fingerprint density at radius 3 is 2.77 bits per heavy atom. The lowest BCUT2D eigenvalue weighted by molar-refractivity contribution is -0.132. The third-order valence-electron chi connectivity index (χ3n) is 1.53. The molecule has 1 rings (SSSR count). The first-order chi connectivity index (χ1) is 6.11. The van der Waals surface area contributed by atoms with Crippen molar-refractivity contribution in [2.45, 2.75) is 19.4 Å². The average Bonchev–Trinajstić information content (AvgIpc) is 2.55. The predicted molar refractivity (Wildman–Crippen MR) is 46.9 cm³/mol. The molecule has 1 aromatic rings. The van der Waals surface area contributed by atoms with E-state index in [0.29, 0.717) is 0 Å². The minimum absolute atomic E-state index is 0.346. The number of rotatable bonds is 3. The van der Waals surface area contributed by atoms with Crippen LogP contribution in [0.4, 0.5) is 8.78 Å². The van der Waals surface area contributed by atoms with Gasteiger partial charge in [-0.15, -0.1) is 11.3 Å². The summed E-state index contributed by atoms with van der Waals surface area (Å²) >= 11 is 1.43. The van der Waals surface area contributed by atoms with Gasteiger partial charge in [0, 0.05) is 4.88 Å². The van der Waals surface area contributed by atoms with E-state index in [9.17, 15) is 13.6 Å². The molecule has 0 spiro atoms. The van der Waals surface area contributed by atoms with Gasteiger partial charge in [-0.05, 0) is 18.4 Å². The summed E-state index contributed by atoms with van der Waals surface area (Å²) in [4.78, 5) is 11.5. The number of nitrogens with one attached hydrogen (secondary N) is 1. The van der Waals surface area contributed by atoms with Crippen LogP contribution in [0.5, 0.6) is 0 Å². The SMILES string of the molecule is CC(NC(=O)C(F)F)c1cccs1. The van der Waals surface area contributed by atoms with Crippen LogP contribution in [0.15, 0.2) is 17.5 Å². The lowest BCUT2D eigenvalue weighted by Crippen LogP contribution is -2.31. The Morgan fingerprint density at radius 1 is 1.62 bits per heavy atom. The molecule has 1 heterocycles. The minimum atomic E-state index is -2.94. The highest BCUT2D eigenvalue weighted by atomic mass is 32.1. The zero-order valence-electron chi connectivity index (χ0n) is 6.96. The molecular weight excluding hydrogens is 196 g/mol. The van der Waals surface area contributed by atoms with Crippen molar-refractivity contribution in [3.63, 3.8) is 0 Å². The second-order valence-corrected chi connectivity index (χ2v) is 3.53. The zero-order chi connectivity index (χ0) is 9.84. The Balaban J connectivity index is 2.51. The predicted octanol–water partition coefficient (Wildman–Crippen LogP) is 2.19. The highest BCUT2D eigenvalue weighted by molar-refractivity contribution is 7.10. The van der Waals surface area contributed by atoms with Gasteiger partial charge >= 0.3 is 6.43 Å². The monoisotopic (exact) mass is 205 g/mol. The first kappa shape index (κ1) is 10.1. The highest BCUT2D eigenvalue weighted by Gasteiger charge is 2.18. The van der Waals surface area contributed by atoms with E-state index in [-0.39, 0.29) is 6.04 Å². The number of thiophene rings is 1. The molecule has 0 aliphatic carbocycles. The fourth-order valence-electron chi connectivity index (χ4n) is 0.885. The van der Waals surface area contributed by atoms with Crippen molar-refractivity contribution >= 4 is 17.2 Å². The van der Waals surface area contributed by atoms with Crippen LogP contribution in [-0.4, -0.2) is 12.3 Å². The molecule has 0 saturated heterocycles. The fraction of sp³-hybridized carbons (Fsp3) is 0.375. The number of hydrogen-bond acceptors (Lipinski definition) is 2. The molecule has 5 heteroatoms. The Labute approximate surface area is 78.6 Å². The van der Waals surface area contributed by atoms with Crippen molar-refractivity contribution < 1.29 is 13.6 Å². The summed E-state index contributed by atoms with van der Waals surface area (Å²) in [6.45, 7) is 1.67. The molecule has 1 unspecified atom stereocenters. The van der Waals surface area contributed by atoms with Crippen molar-refractivity contribution in [2.75, 3.05) is 0 Å². The summed E-state index contributed by atoms with van der Waals surface area (Å²) in [6, 6.07) is 3.26. The number of carbonyl (C=O) groups excluding carboxylic acids is 1. The molecule has 13 heavy (non-hydrogen) atoms. The molecule has 1 N–H and O–H groups in total. The average molecular weight is 205 g/mol. The van der Waals surface area contributed by atoms with E-state index in [4.69, 9.17) is 0 Å². The Morgan fingerprint density at radius 2 is 2.31 bits per heavy atom. The Hall–Kier alpha value is -0.970. The van der Waals surface area contributed by atoms with Gasteiger partial charge in [-0.25, -0.2) is 0 Å². The van der Waals surface area contributed by atoms with Gasteiger partial charge in [0.2, 0.25) is 0 Å². The van der Waals surface area contributed by atoms with E-state index in [0.717, 1.165) is 4.88 Å². The lowest BCUT2D eigenvalue weighted by atomic mass is 10.3. The molecule has 0 aliphatic heterocycles. The van der Waals surface area contributed by atoms with Gasteiger partial charge in [0.1, 0.15) is 0 Å². The van der Waals surface area contributed by atoms with Crippen LogP contribution in [0, 0.1) is 0 Å². The number of carbonyl (C=O) groups is 1. The molecular formula is C8H9F2NOS. The smallest absolute Gasteiger partial charge is 0.315 e. The maximum atomic E-state index is 11.8. The van der Waals surface area contributed by atoms with Crippen LogP contribution in [0.2, 0.25) is 0 Å². The van der Waals surface area contributed by atoms with Crippen molar-refractivity contribution in [3.05, 3.63) is 22.4 Å². The standard InChI is InChI=1S/C8H9F2NOS/c1-5(6-3-2-4-13-6)11-8(12)7(9)10/h2-5,7H,1H3,(H,11,12). The van der Waals surface area contributed by atoms with Gasteiger partial charge in [-0.3, -0.25) is 4.79 Å². The molecule has 0 aromatic carbocycles. The van der Waals surface area contributed by atoms with Crippen LogP contribution in [0.1, 0.15) is 17.8 Å². The van der Waals surface area contributed by atoms with Gasteiger partial charge < -0.3 is 5.32 Å². The fourth-order valence-corrected chi connectivity index (χ4v) is 1.62. The van der Waals surface area contributed by atoms with Crippen LogP contribution < -0.4 is 5.32 Å². The van der Waals surface area contributed by atoms with E-state index < -0.39 is 12.3 Å². The largest absolute Gasteiger partial charge is 0.344 e. The lowest BCUT2D eigenvalue weighted by Gasteiger charge is -2.10. The van der Waals surface area contributed by atoms with Crippen molar-refractivity contribution in [1.29, 1.82) is 0 Å². The van der Waals surface area contributed by atoms with E-state index in [1.165, 1.54) is 11.3 Å². The van der Waals surface area contributed by atoms with E-state index in [1.807, 2.05) is 11.4 Å². The number of amides is 1. The topological polar surface area (TPSA) is 29.1 Å². The summed E-state index contributed by atoms with van der Waals surface area (Å²) in [7, 11) is 0. The third kappa shape index (κ3) is 2.77. The van der Waals surface area contributed by atoms with Crippen molar-refractivity contribution in [2.24, 2.45) is 0 Å². The first-order valence-corrected chi connectivity index (χ1v) is 4.61. The minimum Gasteiger partial charge on any atom is -0.344 e. The Kier molecular flexibility index (Phi) is 3.36. The highest BCUT2D eigenvalue weighted by Crippen LogP contribution is 2.18. The van der Waals surface area contributed by atoms with Crippen molar-refractivity contribution in [1.82, 2.24) is 5.32 Å². The number of hydrogen-bond donors (Lipinski definition) is 1. The molecule has 0 aliphatic rings. The summed E-state index contributed by atoms with van der Waals surface area (Å²) in [5.74, 6) is -1.22. The first-order valence-electron chi connectivity index (χ1n) is 3.73. The second-order valence-electron chi connectivity index (χ2n) is 2.55. The molecule has 1 amide bonds.